The van der Waals surface area contributed by atoms with Crippen LogP contribution in [0.3, 0.4) is 0 Å². The number of nitrogens with zero attached hydrogens (tertiary/aromatic N) is 1. The highest BCUT2D eigenvalue weighted by atomic mass is 35.5. The number of rotatable bonds is 4. The number of amides is 1. The molecular formula is C21H19ClN2O3S. The van der Waals surface area contributed by atoms with Gasteiger partial charge in [-0.1, -0.05) is 36.7 Å². The summed E-state index contributed by atoms with van der Waals surface area (Å²) in [5.41, 5.74) is 1.54. The molecule has 4 rings (SSSR count). The topological polar surface area (TPSA) is 76.1 Å². The normalized spacial score (nSPS) is 18.8. The van der Waals surface area contributed by atoms with Crippen LogP contribution in [0, 0.1) is 0 Å². The van der Waals surface area contributed by atoms with Gasteiger partial charge < -0.3 is 0 Å². The van der Waals surface area contributed by atoms with Gasteiger partial charge in [0.15, 0.2) is 0 Å². The lowest BCUT2D eigenvalue weighted by molar-refractivity contribution is -0.125. The maximum absolute atomic E-state index is 13.2. The lowest BCUT2D eigenvalue weighted by Crippen LogP contribution is -2.45. The first-order chi connectivity index (χ1) is 13.4. The van der Waals surface area contributed by atoms with Gasteiger partial charge in [-0.3, -0.25) is 9.78 Å². The molecule has 28 heavy (non-hydrogen) atoms. The Morgan fingerprint density at radius 1 is 1.21 bits per heavy atom. The van der Waals surface area contributed by atoms with Crippen molar-refractivity contribution in [1.29, 1.82) is 0 Å². The molecular weight excluding hydrogens is 396 g/mol. The minimum absolute atomic E-state index is 0.0388. The lowest BCUT2D eigenvalue weighted by atomic mass is 9.79. The van der Waals surface area contributed by atoms with Crippen LogP contribution < -0.4 is 4.72 Å². The van der Waals surface area contributed by atoms with E-state index in [1.165, 1.54) is 12.1 Å². The predicted octanol–water partition coefficient (Wildman–Crippen LogP) is 3.99. The molecule has 5 nitrogen and oxygen atoms in total. The number of hydrogen-bond acceptors (Lipinski definition) is 4. The summed E-state index contributed by atoms with van der Waals surface area (Å²) in [6, 6.07) is 13.6. The van der Waals surface area contributed by atoms with Crippen molar-refractivity contribution in [2.24, 2.45) is 0 Å². The average Bonchev–Trinajstić information content (AvgIpc) is 3.08. The Bertz CT molecular complexity index is 1190. The van der Waals surface area contributed by atoms with E-state index in [9.17, 15) is 13.2 Å². The average molecular weight is 415 g/mol. The van der Waals surface area contributed by atoms with Crippen molar-refractivity contribution >= 4 is 38.4 Å². The molecule has 2 aromatic carbocycles. The highest BCUT2D eigenvalue weighted by molar-refractivity contribution is 7.90. The van der Waals surface area contributed by atoms with Crippen molar-refractivity contribution < 1.29 is 13.2 Å². The summed E-state index contributed by atoms with van der Waals surface area (Å²) in [5.74, 6) is -0.512. The van der Waals surface area contributed by atoms with Gasteiger partial charge in [0.25, 0.3) is 10.0 Å². The zero-order valence-corrected chi connectivity index (χ0v) is 16.8. The second kappa shape index (κ2) is 6.87. The number of benzene rings is 2. The molecule has 3 aromatic rings. The number of carbonyl (C=O) groups excluding carboxylic acids is 1. The molecule has 0 radical (unpaired) electrons. The van der Waals surface area contributed by atoms with E-state index in [2.05, 4.69) is 9.71 Å². The van der Waals surface area contributed by atoms with Gasteiger partial charge in [0.2, 0.25) is 5.91 Å². The molecule has 1 aromatic heterocycles. The van der Waals surface area contributed by atoms with Crippen LogP contribution in [0.15, 0.2) is 59.6 Å². The number of fused-ring (bicyclic) bond motifs is 2. The van der Waals surface area contributed by atoms with E-state index >= 15 is 0 Å². The fraction of sp³-hybridized carbons (Fsp3) is 0.238. The van der Waals surface area contributed by atoms with Gasteiger partial charge in [0.05, 0.1) is 15.8 Å². The van der Waals surface area contributed by atoms with Crippen LogP contribution in [0.25, 0.3) is 10.9 Å². The molecule has 1 unspecified atom stereocenters. The molecule has 0 saturated carbocycles. The number of hydrogen-bond donors (Lipinski definition) is 1. The Morgan fingerprint density at radius 3 is 2.82 bits per heavy atom. The minimum atomic E-state index is -4.01. The molecule has 1 amide bonds. The molecule has 1 atom stereocenters. The van der Waals surface area contributed by atoms with E-state index in [4.69, 9.17) is 11.6 Å². The van der Waals surface area contributed by atoms with E-state index in [0.29, 0.717) is 35.2 Å². The monoisotopic (exact) mass is 414 g/mol. The fourth-order valence-corrected chi connectivity index (χ4v) is 5.35. The molecule has 7 heteroatoms. The van der Waals surface area contributed by atoms with E-state index in [1.807, 2.05) is 13.0 Å². The largest absolute Gasteiger partial charge is 0.273 e. The van der Waals surface area contributed by atoms with Crippen molar-refractivity contribution in [3.63, 3.8) is 0 Å². The first-order valence-electron chi connectivity index (χ1n) is 9.07. The third-order valence-corrected chi connectivity index (χ3v) is 7.27. The molecule has 0 aliphatic heterocycles. The van der Waals surface area contributed by atoms with Crippen LogP contribution in [0.2, 0.25) is 5.02 Å². The summed E-state index contributed by atoms with van der Waals surface area (Å²) in [7, 11) is -4.01. The third kappa shape index (κ3) is 2.97. The van der Waals surface area contributed by atoms with Crippen LogP contribution in [0.5, 0.6) is 0 Å². The molecule has 0 saturated heterocycles. The molecule has 1 aliphatic carbocycles. The quantitative estimate of drug-likeness (QED) is 0.700. The van der Waals surface area contributed by atoms with E-state index in [1.54, 1.807) is 36.5 Å². The first kappa shape index (κ1) is 18.9. The van der Waals surface area contributed by atoms with Gasteiger partial charge in [0, 0.05) is 16.6 Å². The molecule has 0 bridgehead atoms. The van der Waals surface area contributed by atoms with Crippen LogP contribution in [0.4, 0.5) is 0 Å². The molecule has 1 aliphatic rings. The number of aromatic nitrogens is 1. The molecule has 0 spiro atoms. The second-order valence-corrected chi connectivity index (χ2v) is 9.08. The fourth-order valence-electron chi connectivity index (χ4n) is 4.00. The molecule has 0 fully saturated rings. The highest BCUT2D eigenvalue weighted by Crippen LogP contribution is 2.44. The number of carbonyl (C=O) groups is 1. The summed E-state index contributed by atoms with van der Waals surface area (Å²) in [5, 5.41) is 1.31. The van der Waals surface area contributed by atoms with Crippen molar-refractivity contribution in [3.8, 4) is 0 Å². The Labute approximate surface area is 168 Å². The Morgan fingerprint density at radius 2 is 2.04 bits per heavy atom. The van der Waals surface area contributed by atoms with Crippen molar-refractivity contribution in [2.45, 2.75) is 36.5 Å². The summed E-state index contributed by atoms with van der Waals surface area (Å²) < 4.78 is 28.1. The lowest BCUT2D eigenvalue weighted by Gasteiger charge is -2.27. The minimum Gasteiger partial charge on any atom is -0.273 e. The predicted molar refractivity (Wildman–Crippen MR) is 109 cm³/mol. The standard InChI is InChI=1S/C21H19ClN2O3S/c1-2-21(11-10-16-17(21)6-3-7-18(16)22)20(25)24-28(26,27)15-8-9-19-14(13-15)5-4-12-23-19/h3-9,12-13H,2,10-11H2,1H3,(H,24,25). The van der Waals surface area contributed by atoms with Crippen molar-refractivity contribution in [1.82, 2.24) is 9.71 Å². The number of sulfonamides is 1. The maximum atomic E-state index is 13.2. The van der Waals surface area contributed by atoms with E-state index in [0.717, 1.165) is 11.1 Å². The van der Waals surface area contributed by atoms with E-state index < -0.39 is 21.3 Å². The van der Waals surface area contributed by atoms with E-state index in [-0.39, 0.29) is 4.90 Å². The Balaban J connectivity index is 1.70. The zero-order valence-electron chi connectivity index (χ0n) is 15.3. The van der Waals surface area contributed by atoms with Gasteiger partial charge >= 0.3 is 0 Å². The van der Waals surface area contributed by atoms with Crippen LogP contribution in [-0.2, 0) is 26.7 Å². The maximum Gasteiger partial charge on any atom is 0.264 e. The SMILES string of the molecule is CCC1(C(=O)NS(=O)(=O)c2ccc3ncccc3c2)CCc2c(Cl)cccc21. The first-order valence-corrected chi connectivity index (χ1v) is 10.9. The number of nitrogens with one attached hydrogen (secondary N) is 1. The van der Waals surface area contributed by atoms with Gasteiger partial charge in [-0.15, -0.1) is 0 Å². The summed E-state index contributed by atoms with van der Waals surface area (Å²) in [6.07, 6.45) is 3.32. The van der Waals surface area contributed by atoms with Crippen LogP contribution >= 0.6 is 11.6 Å². The Hall–Kier alpha value is -2.44. The Kier molecular flexibility index (Phi) is 4.63. The molecule has 144 valence electrons. The number of halogens is 1. The van der Waals surface area contributed by atoms with Crippen LogP contribution in [-0.4, -0.2) is 19.3 Å². The summed E-state index contributed by atoms with van der Waals surface area (Å²) in [6.45, 7) is 1.89. The molecule has 1 N–H and O–H groups in total. The zero-order chi connectivity index (χ0) is 19.9. The molecule has 1 heterocycles. The van der Waals surface area contributed by atoms with Crippen molar-refractivity contribution in [2.75, 3.05) is 0 Å². The second-order valence-electron chi connectivity index (χ2n) is 6.99. The smallest absolute Gasteiger partial charge is 0.264 e. The summed E-state index contributed by atoms with van der Waals surface area (Å²) >= 11 is 6.29. The third-order valence-electron chi connectivity index (χ3n) is 5.59. The van der Waals surface area contributed by atoms with Crippen LogP contribution in [0.1, 0.15) is 30.9 Å². The van der Waals surface area contributed by atoms with Gasteiger partial charge in [-0.2, -0.15) is 0 Å². The van der Waals surface area contributed by atoms with Gasteiger partial charge in [0.1, 0.15) is 0 Å². The highest BCUT2D eigenvalue weighted by Gasteiger charge is 2.45. The van der Waals surface area contributed by atoms with Crippen molar-refractivity contribution in [3.05, 3.63) is 70.9 Å². The van der Waals surface area contributed by atoms with Gasteiger partial charge in [-0.05, 0) is 60.7 Å². The number of pyridine rings is 1. The summed E-state index contributed by atoms with van der Waals surface area (Å²) in [4.78, 5) is 17.4. The van der Waals surface area contributed by atoms with Gasteiger partial charge in [-0.25, -0.2) is 13.1 Å².